The summed E-state index contributed by atoms with van der Waals surface area (Å²) in [5.41, 5.74) is 1.50. The molecule has 0 aliphatic heterocycles. The van der Waals surface area contributed by atoms with Gasteiger partial charge < -0.3 is 10.6 Å². The Hall–Kier alpha value is -1.86. The van der Waals surface area contributed by atoms with Gasteiger partial charge in [0.1, 0.15) is 5.82 Å². The quantitative estimate of drug-likeness (QED) is 0.671. The molecule has 102 valence electrons. The van der Waals surface area contributed by atoms with Crippen LogP contribution in [0, 0.1) is 0 Å². The van der Waals surface area contributed by atoms with Crippen molar-refractivity contribution in [2.45, 2.75) is 0 Å². The molecule has 20 heavy (non-hydrogen) atoms. The molecule has 1 aromatic carbocycles. The molecule has 3 rings (SSSR count). The van der Waals surface area contributed by atoms with E-state index in [0.717, 1.165) is 15.5 Å². The zero-order chi connectivity index (χ0) is 14.1. The minimum absolute atomic E-state index is 0.507. The van der Waals surface area contributed by atoms with Crippen molar-refractivity contribution in [2.24, 2.45) is 0 Å². The number of aromatic amines is 1. The van der Waals surface area contributed by atoms with E-state index in [9.17, 15) is 0 Å². The summed E-state index contributed by atoms with van der Waals surface area (Å²) in [5, 5.41) is 14.4. The minimum atomic E-state index is 0.507. The van der Waals surface area contributed by atoms with E-state index in [1.807, 2.05) is 18.2 Å². The van der Waals surface area contributed by atoms with Gasteiger partial charge in [0.15, 0.2) is 5.65 Å². The average Bonchev–Trinajstić information content (AvgIpc) is 2.91. The first kappa shape index (κ1) is 13.1. The number of hydrogen-bond donors (Lipinski definition) is 3. The van der Waals surface area contributed by atoms with Crippen LogP contribution in [0.2, 0.25) is 5.02 Å². The number of halogens is 2. The molecular weight excluding hydrogens is 344 g/mol. The molecule has 0 bridgehead atoms. The van der Waals surface area contributed by atoms with Gasteiger partial charge in [-0.05, 0) is 34.1 Å². The van der Waals surface area contributed by atoms with E-state index >= 15 is 0 Å². The highest BCUT2D eigenvalue weighted by Crippen LogP contribution is 2.29. The lowest BCUT2D eigenvalue weighted by atomic mass is 10.3. The van der Waals surface area contributed by atoms with Crippen LogP contribution < -0.4 is 10.6 Å². The SMILES string of the molecule is CNc1nc(Nc2ccc(Br)c(Cl)c2)c2cn[nH]c2n1. The van der Waals surface area contributed by atoms with Crippen molar-refractivity contribution in [2.75, 3.05) is 17.7 Å². The second-order valence-electron chi connectivity index (χ2n) is 4.03. The monoisotopic (exact) mass is 352 g/mol. The van der Waals surface area contributed by atoms with Gasteiger partial charge in [0.25, 0.3) is 0 Å². The summed E-state index contributed by atoms with van der Waals surface area (Å²) in [6.45, 7) is 0. The molecule has 0 saturated heterocycles. The summed E-state index contributed by atoms with van der Waals surface area (Å²) < 4.78 is 0.844. The second-order valence-corrected chi connectivity index (χ2v) is 5.29. The summed E-state index contributed by atoms with van der Waals surface area (Å²) in [7, 11) is 1.76. The van der Waals surface area contributed by atoms with Crippen molar-refractivity contribution in [1.29, 1.82) is 0 Å². The number of aromatic nitrogens is 4. The summed E-state index contributed by atoms with van der Waals surface area (Å²) in [6, 6.07) is 5.60. The molecule has 3 N–H and O–H groups in total. The van der Waals surface area contributed by atoms with Crippen LogP contribution in [-0.2, 0) is 0 Å². The number of nitrogens with zero attached hydrogens (tertiary/aromatic N) is 3. The number of anilines is 3. The average molecular weight is 354 g/mol. The Morgan fingerprint density at radius 2 is 2.15 bits per heavy atom. The fraction of sp³-hybridized carbons (Fsp3) is 0.0833. The van der Waals surface area contributed by atoms with Gasteiger partial charge >= 0.3 is 0 Å². The molecule has 0 unspecified atom stereocenters. The molecule has 0 aliphatic carbocycles. The number of rotatable bonds is 3. The van der Waals surface area contributed by atoms with Gasteiger partial charge in [-0.15, -0.1) is 0 Å². The van der Waals surface area contributed by atoms with Gasteiger partial charge in [0.2, 0.25) is 5.95 Å². The van der Waals surface area contributed by atoms with Crippen molar-refractivity contribution >= 4 is 56.0 Å². The highest BCUT2D eigenvalue weighted by molar-refractivity contribution is 9.10. The Balaban J connectivity index is 2.04. The largest absolute Gasteiger partial charge is 0.357 e. The number of nitrogens with one attached hydrogen (secondary N) is 3. The van der Waals surface area contributed by atoms with Gasteiger partial charge in [-0.1, -0.05) is 11.6 Å². The van der Waals surface area contributed by atoms with Crippen molar-refractivity contribution in [3.63, 3.8) is 0 Å². The standard InChI is InChI=1S/C12H10BrClN6/c1-15-12-18-10(7-5-16-20-11(7)19-12)17-6-2-3-8(13)9(14)4-6/h2-5H,1H3,(H3,15,16,17,18,19,20). The van der Waals surface area contributed by atoms with Crippen LogP contribution in [0.25, 0.3) is 11.0 Å². The predicted octanol–water partition coefficient (Wildman–Crippen LogP) is 3.55. The molecule has 0 radical (unpaired) electrons. The van der Waals surface area contributed by atoms with Gasteiger partial charge in [0, 0.05) is 17.2 Å². The van der Waals surface area contributed by atoms with Crippen LogP contribution in [0.5, 0.6) is 0 Å². The fourth-order valence-electron chi connectivity index (χ4n) is 1.75. The van der Waals surface area contributed by atoms with E-state index in [1.165, 1.54) is 0 Å². The predicted molar refractivity (Wildman–Crippen MR) is 83.7 cm³/mol. The number of H-pyrrole nitrogens is 1. The number of hydrogen-bond acceptors (Lipinski definition) is 5. The summed E-state index contributed by atoms with van der Waals surface area (Å²) in [4.78, 5) is 8.66. The van der Waals surface area contributed by atoms with Crippen LogP contribution in [0.15, 0.2) is 28.9 Å². The maximum absolute atomic E-state index is 6.09. The Kier molecular flexibility index (Phi) is 3.45. The Morgan fingerprint density at radius 3 is 2.90 bits per heavy atom. The van der Waals surface area contributed by atoms with E-state index in [0.29, 0.717) is 22.4 Å². The molecule has 8 heteroatoms. The molecule has 2 heterocycles. The highest BCUT2D eigenvalue weighted by Gasteiger charge is 2.09. The van der Waals surface area contributed by atoms with Crippen LogP contribution >= 0.6 is 27.5 Å². The molecule has 6 nitrogen and oxygen atoms in total. The maximum Gasteiger partial charge on any atom is 0.226 e. The summed E-state index contributed by atoms with van der Waals surface area (Å²) >= 11 is 9.45. The first-order valence-electron chi connectivity index (χ1n) is 5.78. The molecule has 2 aromatic heterocycles. The molecule has 3 aromatic rings. The Morgan fingerprint density at radius 1 is 1.30 bits per heavy atom. The van der Waals surface area contributed by atoms with E-state index < -0.39 is 0 Å². The lowest BCUT2D eigenvalue weighted by molar-refractivity contribution is 1.09. The van der Waals surface area contributed by atoms with E-state index in [4.69, 9.17) is 11.6 Å². The number of benzene rings is 1. The number of fused-ring (bicyclic) bond motifs is 1. The fourth-order valence-corrected chi connectivity index (χ4v) is 2.18. The van der Waals surface area contributed by atoms with Gasteiger partial charge in [0.05, 0.1) is 16.6 Å². The smallest absolute Gasteiger partial charge is 0.226 e. The molecule has 0 saturated carbocycles. The zero-order valence-electron chi connectivity index (χ0n) is 10.4. The van der Waals surface area contributed by atoms with Crippen molar-refractivity contribution in [3.05, 3.63) is 33.9 Å². The van der Waals surface area contributed by atoms with Crippen LogP contribution in [0.3, 0.4) is 0 Å². The van der Waals surface area contributed by atoms with E-state index in [1.54, 1.807) is 13.2 Å². The Labute approximate surface area is 128 Å². The van der Waals surface area contributed by atoms with Crippen LogP contribution in [0.4, 0.5) is 17.5 Å². The van der Waals surface area contributed by atoms with Crippen molar-refractivity contribution in [1.82, 2.24) is 20.2 Å². The third kappa shape index (κ3) is 2.41. The molecule has 0 amide bonds. The molecule has 0 fully saturated rings. The molecule has 0 atom stereocenters. The zero-order valence-corrected chi connectivity index (χ0v) is 12.7. The summed E-state index contributed by atoms with van der Waals surface area (Å²) in [5.74, 6) is 1.17. The Bertz CT molecular complexity index is 772. The van der Waals surface area contributed by atoms with Gasteiger partial charge in [-0.3, -0.25) is 5.10 Å². The highest BCUT2D eigenvalue weighted by atomic mass is 79.9. The van der Waals surface area contributed by atoms with E-state index in [-0.39, 0.29) is 0 Å². The second kappa shape index (κ2) is 5.26. The molecular formula is C12H10BrClN6. The third-order valence-corrected chi connectivity index (χ3v) is 3.95. The van der Waals surface area contributed by atoms with Gasteiger partial charge in [-0.2, -0.15) is 15.1 Å². The van der Waals surface area contributed by atoms with Crippen LogP contribution in [0.1, 0.15) is 0 Å². The van der Waals surface area contributed by atoms with E-state index in [2.05, 4.69) is 46.7 Å². The third-order valence-electron chi connectivity index (χ3n) is 2.72. The summed E-state index contributed by atoms with van der Waals surface area (Å²) in [6.07, 6.45) is 1.68. The molecule has 0 spiro atoms. The van der Waals surface area contributed by atoms with Crippen LogP contribution in [-0.4, -0.2) is 27.2 Å². The van der Waals surface area contributed by atoms with Crippen molar-refractivity contribution < 1.29 is 0 Å². The lowest BCUT2D eigenvalue weighted by Gasteiger charge is -2.09. The minimum Gasteiger partial charge on any atom is -0.357 e. The normalized spacial score (nSPS) is 10.8. The van der Waals surface area contributed by atoms with Gasteiger partial charge in [-0.25, -0.2) is 0 Å². The first-order chi connectivity index (χ1) is 9.67. The maximum atomic E-state index is 6.09. The topological polar surface area (TPSA) is 78.5 Å². The lowest BCUT2D eigenvalue weighted by Crippen LogP contribution is -2.01. The van der Waals surface area contributed by atoms with Crippen molar-refractivity contribution in [3.8, 4) is 0 Å². The molecule has 0 aliphatic rings. The first-order valence-corrected chi connectivity index (χ1v) is 6.95.